The standard InChI is InChI=1S/C18H18O6/c1-10-5-6-12(22-2)11(9-10)17(19)15-13(23-3)7-8-14(24-4)16(15)18(20)21/h5-9H,1-4H3,(H,20,21). The number of methoxy groups -OCH3 is 3. The van der Waals surface area contributed by atoms with Crippen LogP contribution >= 0.6 is 0 Å². The number of ketones is 1. The Bertz CT molecular complexity index is 794. The van der Waals surface area contributed by atoms with E-state index in [4.69, 9.17) is 14.2 Å². The molecule has 0 aromatic heterocycles. The fourth-order valence-electron chi connectivity index (χ4n) is 2.48. The van der Waals surface area contributed by atoms with Crippen LogP contribution in [0.4, 0.5) is 0 Å². The van der Waals surface area contributed by atoms with Gasteiger partial charge in [0.15, 0.2) is 0 Å². The highest BCUT2D eigenvalue weighted by molar-refractivity contribution is 6.18. The summed E-state index contributed by atoms with van der Waals surface area (Å²) in [7, 11) is 4.16. The number of hydrogen-bond donors (Lipinski definition) is 1. The Morgan fingerprint density at radius 1 is 0.833 bits per heavy atom. The molecule has 0 aliphatic rings. The smallest absolute Gasteiger partial charge is 0.340 e. The number of benzene rings is 2. The minimum atomic E-state index is -1.28. The van der Waals surface area contributed by atoms with Gasteiger partial charge in [-0.3, -0.25) is 4.79 Å². The number of ether oxygens (including phenoxy) is 3. The lowest BCUT2D eigenvalue weighted by molar-refractivity contribution is 0.0688. The molecule has 0 heterocycles. The molecule has 6 nitrogen and oxygen atoms in total. The summed E-state index contributed by atoms with van der Waals surface area (Å²) in [6, 6.07) is 8.06. The number of carboxylic acid groups (broad SMARTS) is 1. The molecule has 0 unspecified atom stereocenters. The molecule has 0 atom stereocenters. The second kappa shape index (κ2) is 7.04. The number of carboxylic acids is 1. The third-order valence-corrected chi connectivity index (χ3v) is 3.61. The Kier molecular flexibility index (Phi) is 5.08. The van der Waals surface area contributed by atoms with E-state index in [0.29, 0.717) is 5.75 Å². The summed E-state index contributed by atoms with van der Waals surface area (Å²) in [5.41, 5.74) is 0.781. The molecule has 0 saturated heterocycles. The van der Waals surface area contributed by atoms with Gasteiger partial charge in [-0.25, -0.2) is 4.79 Å². The predicted octanol–water partition coefficient (Wildman–Crippen LogP) is 2.95. The van der Waals surface area contributed by atoms with Crippen molar-refractivity contribution in [1.82, 2.24) is 0 Å². The van der Waals surface area contributed by atoms with E-state index in [-0.39, 0.29) is 28.2 Å². The second-order valence-electron chi connectivity index (χ2n) is 5.06. The topological polar surface area (TPSA) is 82.1 Å². The Morgan fingerprint density at radius 3 is 1.83 bits per heavy atom. The maximum absolute atomic E-state index is 13.1. The van der Waals surface area contributed by atoms with Crippen LogP contribution in [0, 0.1) is 6.92 Å². The second-order valence-corrected chi connectivity index (χ2v) is 5.06. The summed E-state index contributed by atoms with van der Waals surface area (Å²) in [6.07, 6.45) is 0. The van der Waals surface area contributed by atoms with Crippen molar-refractivity contribution < 1.29 is 28.9 Å². The zero-order valence-corrected chi connectivity index (χ0v) is 13.9. The van der Waals surface area contributed by atoms with Gasteiger partial charge in [0.05, 0.1) is 32.5 Å². The van der Waals surface area contributed by atoms with E-state index >= 15 is 0 Å². The molecular formula is C18H18O6. The quantitative estimate of drug-likeness (QED) is 0.820. The van der Waals surface area contributed by atoms with Crippen LogP contribution in [0.25, 0.3) is 0 Å². The molecule has 0 bridgehead atoms. The van der Waals surface area contributed by atoms with Gasteiger partial charge in [-0.2, -0.15) is 0 Å². The van der Waals surface area contributed by atoms with Gasteiger partial charge in [0.1, 0.15) is 22.8 Å². The van der Waals surface area contributed by atoms with Crippen LogP contribution in [0.2, 0.25) is 0 Å². The van der Waals surface area contributed by atoms with Gasteiger partial charge in [0.25, 0.3) is 0 Å². The van der Waals surface area contributed by atoms with Crippen LogP contribution < -0.4 is 14.2 Å². The number of hydrogen-bond acceptors (Lipinski definition) is 5. The Morgan fingerprint density at radius 2 is 1.33 bits per heavy atom. The summed E-state index contributed by atoms with van der Waals surface area (Å²) in [5.74, 6) is -1.20. The van der Waals surface area contributed by atoms with Crippen LogP contribution in [0.3, 0.4) is 0 Å². The first kappa shape index (κ1) is 17.3. The van der Waals surface area contributed by atoms with Crippen molar-refractivity contribution in [3.63, 3.8) is 0 Å². The average Bonchev–Trinajstić information content (AvgIpc) is 2.59. The highest BCUT2D eigenvalue weighted by Gasteiger charge is 2.28. The summed E-state index contributed by atoms with van der Waals surface area (Å²) < 4.78 is 15.5. The third kappa shape index (κ3) is 3.03. The van der Waals surface area contributed by atoms with Crippen molar-refractivity contribution in [2.24, 2.45) is 0 Å². The van der Waals surface area contributed by atoms with E-state index in [1.807, 2.05) is 6.92 Å². The summed E-state index contributed by atoms with van der Waals surface area (Å²) >= 11 is 0. The Hall–Kier alpha value is -3.02. The first-order valence-electron chi connectivity index (χ1n) is 7.12. The number of carbonyl (C=O) groups is 2. The van der Waals surface area contributed by atoms with Gasteiger partial charge in [-0.1, -0.05) is 11.6 Å². The predicted molar refractivity (Wildman–Crippen MR) is 87.7 cm³/mol. The van der Waals surface area contributed by atoms with Crippen molar-refractivity contribution >= 4 is 11.8 Å². The van der Waals surface area contributed by atoms with Gasteiger partial charge < -0.3 is 19.3 Å². The van der Waals surface area contributed by atoms with Gasteiger partial charge in [0.2, 0.25) is 5.78 Å². The Balaban J connectivity index is 2.78. The van der Waals surface area contributed by atoms with Crippen molar-refractivity contribution in [2.45, 2.75) is 6.92 Å². The van der Waals surface area contributed by atoms with Gasteiger partial charge >= 0.3 is 5.97 Å². The maximum atomic E-state index is 13.1. The molecule has 0 fully saturated rings. The highest BCUT2D eigenvalue weighted by atomic mass is 16.5. The molecule has 2 rings (SSSR count). The van der Waals surface area contributed by atoms with E-state index in [0.717, 1.165) is 5.56 Å². The zero-order chi connectivity index (χ0) is 17.9. The van der Waals surface area contributed by atoms with Gasteiger partial charge in [-0.15, -0.1) is 0 Å². The minimum Gasteiger partial charge on any atom is -0.496 e. The summed E-state index contributed by atoms with van der Waals surface area (Å²) in [5, 5.41) is 9.56. The molecule has 0 radical (unpaired) electrons. The molecule has 0 amide bonds. The monoisotopic (exact) mass is 330 g/mol. The molecule has 0 aliphatic carbocycles. The minimum absolute atomic E-state index is 0.0757. The SMILES string of the molecule is COc1ccc(C)cc1C(=O)c1c(OC)ccc(OC)c1C(=O)O. The van der Waals surface area contributed by atoms with Gasteiger partial charge in [-0.05, 0) is 31.2 Å². The van der Waals surface area contributed by atoms with E-state index in [9.17, 15) is 14.7 Å². The number of aromatic carboxylic acids is 1. The van der Waals surface area contributed by atoms with E-state index < -0.39 is 11.8 Å². The lowest BCUT2D eigenvalue weighted by atomic mass is 9.95. The number of carbonyl (C=O) groups excluding carboxylic acids is 1. The van der Waals surface area contributed by atoms with Crippen LogP contribution in [0.5, 0.6) is 17.2 Å². The summed E-state index contributed by atoms with van der Waals surface area (Å²) in [4.78, 5) is 24.8. The van der Waals surface area contributed by atoms with Crippen molar-refractivity contribution in [2.75, 3.05) is 21.3 Å². The van der Waals surface area contributed by atoms with Crippen LogP contribution in [-0.4, -0.2) is 38.2 Å². The molecule has 1 N–H and O–H groups in total. The first-order valence-corrected chi connectivity index (χ1v) is 7.12. The molecule has 6 heteroatoms. The fraction of sp³-hybridized carbons (Fsp3) is 0.222. The fourth-order valence-corrected chi connectivity index (χ4v) is 2.48. The van der Waals surface area contributed by atoms with Crippen molar-refractivity contribution in [1.29, 1.82) is 0 Å². The molecule has 0 aliphatic heterocycles. The zero-order valence-electron chi connectivity index (χ0n) is 13.9. The lowest BCUT2D eigenvalue weighted by Crippen LogP contribution is -2.14. The van der Waals surface area contributed by atoms with E-state index in [1.54, 1.807) is 18.2 Å². The molecule has 24 heavy (non-hydrogen) atoms. The normalized spacial score (nSPS) is 10.2. The third-order valence-electron chi connectivity index (χ3n) is 3.61. The molecular weight excluding hydrogens is 312 g/mol. The van der Waals surface area contributed by atoms with E-state index in [1.165, 1.54) is 33.5 Å². The van der Waals surface area contributed by atoms with E-state index in [2.05, 4.69) is 0 Å². The van der Waals surface area contributed by atoms with Crippen LogP contribution in [0.1, 0.15) is 31.8 Å². The molecule has 2 aromatic carbocycles. The molecule has 126 valence electrons. The Labute approximate surface area is 139 Å². The summed E-state index contributed by atoms with van der Waals surface area (Å²) in [6.45, 7) is 1.83. The first-order chi connectivity index (χ1) is 11.4. The largest absolute Gasteiger partial charge is 0.496 e. The maximum Gasteiger partial charge on any atom is 0.340 e. The lowest BCUT2D eigenvalue weighted by Gasteiger charge is -2.15. The molecule has 2 aromatic rings. The number of rotatable bonds is 6. The average molecular weight is 330 g/mol. The highest BCUT2D eigenvalue weighted by Crippen LogP contribution is 2.34. The molecule has 0 saturated carbocycles. The van der Waals surface area contributed by atoms with Crippen molar-refractivity contribution in [3.8, 4) is 17.2 Å². The van der Waals surface area contributed by atoms with Gasteiger partial charge in [0, 0.05) is 0 Å². The van der Waals surface area contributed by atoms with Crippen LogP contribution in [0.15, 0.2) is 30.3 Å². The van der Waals surface area contributed by atoms with Crippen LogP contribution in [-0.2, 0) is 0 Å². The molecule has 0 spiro atoms. The van der Waals surface area contributed by atoms with Crippen molar-refractivity contribution in [3.05, 3.63) is 52.6 Å². The number of aryl methyl sites for hydroxylation is 1.